The highest BCUT2D eigenvalue weighted by atomic mass is 19.1. The molecular formula is C12H11BFN3. The Morgan fingerprint density at radius 1 is 1.47 bits per heavy atom. The van der Waals surface area contributed by atoms with Gasteiger partial charge in [0.25, 0.3) is 0 Å². The van der Waals surface area contributed by atoms with E-state index in [1.807, 2.05) is 6.92 Å². The number of aryl methyl sites for hydroxylation is 1. The van der Waals surface area contributed by atoms with E-state index in [2.05, 4.69) is 16.8 Å². The first-order chi connectivity index (χ1) is 8.15. The average Bonchev–Trinajstić information content (AvgIpc) is 2.72. The lowest BCUT2D eigenvalue weighted by Crippen LogP contribution is -2.03. The van der Waals surface area contributed by atoms with E-state index in [0.717, 1.165) is 0 Å². The molecule has 2 rings (SSSR count). The largest absolute Gasteiger partial charge is 0.248 e. The molecule has 1 heterocycles. The first-order valence-electron chi connectivity index (χ1n) is 5.25. The number of nitrogens with zero attached hydrogens (tertiary/aromatic N) is 3. The molecule has 5 heteroatoms. The van der Waals surface area contributed by atoms with Gasteiger partial charge in [0.1, 0.15) is 19.5 Å². The summed E-state index contributed by atoms with van der Waals surface area (Å²) < 4.78 is 15.4. The van der Waals surface area contributed by atoms with Crippen LogP contribution >= 0.6 is 0 Å². The number of hydrogen-bond donors (Lipinski definition) is 0. The van der Waals surface area contributed by atoms with Crippen LogP contribution in [-0.4, -0.2) is 24.3 Å². The lowest BCUT2D eigenvalue weighted by molar-refractivity contribution is 0.628. The fourth-order valence-electron chi connectivity index (χ4n) is 1.64. The molecule has 1 aromatic heterocycles. The molecule has 0 saturated carbocycles. The third-order valence-corrected chi connectivity index (χ3v) is 2.49. The minimum atomic E-state index is -0.388. The van der Waals surface area contributed by atoms with E-state index in [9.17, 15) is 4.39 Å². The number of halogens is 1. The SMILES string of the molecule is [B]c1ccc(-c2cc(N=C)n(CC)n2)c(F)c1. The third kappa shape index (κ3) is 2.13. The molecule has 0 aliphatic rings. The van der Waals surface area contributed by atoms with Crippen molar-refractivity contribution in [1.82, 2.24) is 9.78 Å². The van der Waals surface area contributed by atoms with Crippen LogP contribution in [0, 0.1) is 5.82 Å². The van der Waals surface area contributed by atoms with Crippen LogP contribution in [0.15, 0.2) is 29.3 Å². The lowest BCUT2D eigenvalue weighted by Gasteiger charge is -2.00. The van der Waals surface area contributed by atoms with E-state index in [1.165, 1.54) is 6.07 Å². The monoisotopic (exact) mass is 227 g/mol. The molecule has 0 aliphatic heterocycles. The van der Waals surface area contributed by atoms with E-state index in [4.69, 9.17) is 7.85 Å². The van der Waals surface area contributed by atoms with Gasteiger partial charge in [-0.1, -0.05) is 17.6 Å². The Balaban J connectivity index is 2.52. The molecule has 2 radical (unpaired) electrons. The van der Waals surface area contributed by atoms with Crippen molar-refractivity contribution in [2.45, 2.75) is 13.5 Å². The Morgan fingerprint density at radius 3 is 2.76 bits per heavy atom. The molecule has 0 amide bonds. The Hall–Kier alpha value is -1.91. The highest BCUT2D eigenvalue weighted by Crippen LogP contribution is 2.25. The summed E-state index contributed by atoms with van der Waals surface area (Å²) in [6.07, 6.45) is 0. The summed E-state index contributed by atoms with van der Waals surface area (Å²) in [7, 11) is 5.50. The van der Waals surface area contributed by atoms with E-state index in [-0.39, 0.29) is 5.82 Å². The van der Waals surface area contributed by atoms with Crippen molar-refractivity contribution < 1.29 is 4.39 Å². The Bertz CT molecular complexity index is 563. The summed E-state index contributed by atoms with van der Waals surface area (Å²) in [6, 6.07) is 6.23. The van der Waals surface area contributed by atoms with Gasteiger partial charge in [0.05, 0.1) is 5.69 Å². The number of aliphatic imine (C=N–C) groups is 1. The fraction of sp³-hybridized carbons (Fsp3) is 0.167. The molecule has 0 bridgehead atoms. The maximum Gasteiger partial charge on any atom is 0.150 e. The molecule has 0 atom stereocenters. The molecule has 2 aromatic rings. The summed E-state index contributed by atoms with van der Waals surface area (Å²) in [6.45, 7) is 6.05. The van der Waals surface area contributed by atoms with Crippen LogP contribution in [0.25, 0.3) is 11.3 Å². The predicted molar refractivity (Wildman–Crippen MR) is 67.9 cm³/mol. The van der Waals surface area contributed by atoms with Gasteiger partial charge < -0.3 is 0 Å². The van der Waals surface area contributed by atoms with Crippen molar-refractivity contribution >= 4 is 25.8 Å². The zero-order chi connectivity index (χ0) is 12.4. The van der Waals surface area contributed by atoms with Gasteiger partial charge in [0, 0.05) is 18.2 Å². The minimum absolute atomic E-state index is 0.388. The van der Waals surface area contributed by atoms with E-state index in [0.29, 0.717) is 29.1 Å². The Morgan fingerprint density at radius 2 is 2.24 bits per heavy atom. The minimum Gasteiger partial charge on any atom is -0.248 e. The normalized spacial score (nSPS) is 10.5. The topological polar surface area (TPSA) is 30.2 Å². The zero-order valence-electron chi connectivity index (χ0n) is 9.52. The van der Waals surface area contributed by atoms with Crippen LogP contribution in [0.5, 0.6) is 0 Å². The second-order valence-electron chi connectivity index (χ2n) is 3.60. The standard InChI is InChI=1S/C12H11BFN3/c1-3-17-12(15-2)7-11(16-17)9-5-4-8(13)6-10(9)14/h4-7H,2-3H2,1H3. The average molecular weight is 227 g/mol. The molecule has 0 saturated heterocycles. The van der Waals surface area contributed by atoms with Crippen LogP contribution in [0.3, 0.4) is 0 Å². The van der Waals surface area contributed by atoms with Gasteiger partial charge in [0.15, 0.2) is 0 Å². The molecule has 0 N–H and O–H groups in total. The smallest absolute Gasteiger partial charge is 0.150 e. The third-order valence-electron chi connectivity index (χ3n) is 2.49. The van der Waals surface area contributed by atoms with Crippen molar-refractivity contribution in [3.8, 4) is 11.3 Å². The van der Waals surface area contributed by atoms with Crippen LogP contribution in [0.1, 0.15) is 6.92 Å². The number of rotatable bonds is 3. The van der Waals surface area contributed by atoms with E-state index < -0.39 is 0 Å². The van der Waals surface area contributed by atoms with Gasteiger partial charge in [-0.15, -0.1) is 0 Å². The molecule has 0 aliphatic carbocycles. The highest BCUT2D eigenvalue weighted by molar-refractivity contribution is 6.32. The van der Waals surface area contributed by atoms with Crippen LogP contribution in [-0.2, 0) is 6.54 Å². The molecule has 0 unspecified atom stereocenters. The fourth-order valence-corrected chi connectivity index (χ4v) is 1.64. The molecule has 0 fully saturated rings. The van der Waals surface area contributed by atoms with Gasteiger partial charge in [-0.05, 0) is 19.7 Å². The van der Waals surface area contributed by atoms with Crippen molar-refractivity contribution in [1.29, 1.82) is 0 Å². The first kappa shape index (κ1) is 11.6. The van der Waals surface area contributed by atoms with Crippen LogP contribution in [0.4, 0.5) is 10.2 Å². The Labute approximate surface area is 100 Å². The summed E-state index contributed by atoms with van der Waals surface area (Å²) in [5.74, 6) is 0.236. The highest BCUT2D eigenvalue weighted by Gasteiger charge is 2.11. The molecule has 1 aromatic carbocycles. The molecular weight excluding hydrogens is 216 g/mol. The van der Waals surface area contributed by atoms with Gasteiger partial charge in [-0.3, -0.25) is 0 Å². The van der Waals surface area contributed by atoms with E-state index >= 15 is 0 Å². The molecule has 17 heavy (non-hydrogen) atoms. The molecule has 0 spiro atoms. The van der Waals surface area contributed by atoms with Crippen molar-refractivity contribution in [2.24, 2.45) is 4.99 Å². The predicted octanol–water partition coefficient (Wildman–Crippen LogP) is 1.83. The summed E-state index contributed by atoms with van der Waals surface area (Å²) in [4.78, 5) is 3.84. The van der Waals surface area contributed by atoms with Gasteiger partial charge >= 0.3 is 0 Å². The second-order valence-corrected chi connectivity index (χ2v) is 3.60. The quantitative estimate of drug-likeness (QED) is 0.581. The van der Waals surface area contributed by atoms with Crippen molar-refractivity contribution in [3.05, 3.63) is 30.1 Å². The van der Waals surface area contributed by atoms with Gasteiger partial charge in [-0.2, -0.15) is 5.10 Å². The zero-order valence-corrected chi connectivity index (χ0v) is 9.52. The van der Waals surface area contributed by atoms with Crippen LogP contribution in [0.2, 0.25) is 0 Å². The maximum atomic E-state index is 13.7. The Kier molecular flexibility index (Phi) is 3.09. The van der Waals surface area contributed by atoms with E-state index in [1.54, 1.807) is 22.9 Å². The maximum absolute atomic E-state index is 13.7. The van der Waals surface area contributed by atoms with Gasteiger partial charge in [-0.25, -0.2) is 14.1 Å². The first-order valence-corrected chi connectivity index (χ1v) is 5.25. The van der Waals surface area contributed by atoms with Crippen LogP contribution < -0.4 is 5.46 Å². The number of aromatic nitrogens is 2. The van der Waals surface area contributed by atoms with Crippen molar-refractivity contribution in [3.63, 3.8) is 0 Å². The summed E-state index contributed by atoms with van der Waals surface area (Å²) >= 11 is 0. The lowest BCUT2D eigenvalue weighted by atomic mass is 9.94. The number of hydrogen-bond acceptors (Lipinski definition) is 2. The molecule has 3 nitrogen and oxygen atoms in total. The van der Waals surface area contributed by atoms with Gasteiger partial charge in [0.2, 0.25) is 0 Å². The summed E-state index contributed by atoms with van der Waals surface area (Å²) in [5.41, 5.74) is 1.34. The number of benzene rings is 1. The summed E-state index contributed by atoms with van der Waals surface area (Å²) in [5, 5.41) is 4.26. The molecule has 84 valence electrons. The second kappa shape index (κ2) is 4.53. The van der Waals surface area contributed by atoms with Crippen molar-refractivity contribution in [2.75, 3.05) is 0 Å².